The molecule has 0 heteroatoms. The van der Waals surface area contributed by atoms with Crippen molar-refractivity contribution < 1.29 is 0 Å². The van der Waals surface area contributed by atoms with E-state index in [1.165, 1.54) is 12.3 Å². The molecule has 3 aliphatic rings. The molecule has 3 unspecified atom stereocenters. The Morgan fingerprint density at radius 3 is 2.80 bits per heavy atom. The SMILES string of the molecule is CCCC12CCCC13CC23. The molecule has 0 radical (unpaired) electrons. The number of fused-ring (bicyclic) bond motifs is 1. The van der Waals surface area contributed by atoms with Crippen molar-refractivity contribution in [2.75, 3.05) is 0 Å². The average Bonchev–Trinajstić information content (AvgIpc) is 2.71. The fourth-order valence-electron chi connectivity index (χ4n) is 4.08. The highest BCUT2D eigenvalue weighted by Gasteiger charge is 2.88. The molecule has 0 nitrogen and oxygen atoms in total. The van der Waals surface area contributed by atoms with E-state index in [4.69, 9.17) is 0 Å². The molecule has 0 bridgehead atoms. The van der Waals surface area contributed by atoms with Crippen LogP contribution >= 0.6 is 0 Å². The molecule has 10 heavy (non-hydrogen) atoms. The van der Waals surface area contributed by atoms with Crippen molar-refractivity contribution in [2.24, 2.45) is 16.7 Å². The van der Waals surface area contributed by atoms with Crippen LogP contribution in [0.4, 0.5) is 0 Å². The van der Waals surface area contributed by atoms with Gasteiger partial charge < -0.3 is 0 Å². The lowest BCUT2D eigenvalue weighted by molar-refractivity contribution is 0.306. The molecule has 0 aromatic heterocycles. The summed E-state index contributed by atoms with van der Waals surface area (Å²) in [4.78, 5) is 0. The fraction of sp³-hybridized carbons (Fsp3) is 1.00. The van der Waals surface area contributed by atoms with Crippen molar-refractivity contribution in [1.82, 2.24) is 0 Å². The summed E-state index contributed by atoms with van der Waals surface area (Å²) in [5, 5.41) is 0. The van der Waals surface area contributed by atoms with Gasteiger partial charge in [0.15, 0.2) is 0 Å². The van der Waals surface area contributed by atoms with Crippen molar-refractivity contribution in [3.63, 3.8) is 0 Å². The van der Waals surface area contributed by atoms with Crippen LogP contribution in [0.1, 0.15) is 45.4 Å². The van der Waals surface area contributed by atoms with Gasteiger partial charge >= 0.3 is 0 Å². The second-order valence-corrected chi connectivity index (χ2v) is 4.67. The standard InChI is InChI=1S/C10H16/c1-2-4-9-5-3-6-10(9)7-8(9)10/h8H,2-7H2,1H3. The van der Waals surface area contributed by atoms with Gasteiger partial charge in [-0.15, -0.1) is 0 Å². The number of hydrogen-bond donors (Lipinski definition) is 0. The Morgan fingerprint density at radius 2 is 2.30 bits per heavy atom. The van der Waals surface area contributed by atoms with Crippen LogP contribution in [0, 0.1) is 16.7 Å². The zero-order valence-electron chi connectivity index (χ0n) is 6.82. The fourth-order valence-corrected chi connectivity index (χ4v) is 4.08. The monoisotopic (exact) mass is 136 g/mol. The van der Waals surface area contributed by atoms with Crippen molar-refractivity contribution in [3.05, 3.63) is 0 Å². The van der Waals surface area contributed by atoms with E-state index in [-0.39, 0.29) is 0 Å². The molecule has 1 spiro atoms. The van der Waals surface area contributed by atoms with Gasteiger partial charge in [-0.05, 0) is 42.4 Å². The first-order valence-electron chi connectivity index (χ1n) is 4.86. The number of hydrogen-bond acceptors (Lipinski definition) is 0. The Hall–Kier alpha value is 0. The summed E-state index contributed by atoms with van der Waals surface area (Å²) >= 11 is 0. The maximum Gasteiger partial charge on any atom is -0.0201 e. The third-order valence-electron chi connectivity index (χ3n) is 4.59. The molecule has 0 saturated heterocycles. The normalized spacial score (nSPS) is 61.5. The molecular formula is C10H16. The lowest BCUT2D eigenvalue weighted by Crippen LogP contribution is -2.10. The zero-order chi connectivity index (χ0) is 6.82. The minimum atomic E-state index is 0.946. The van der Waals surface area contributed by atoms with Crippen LogP contribution in [0.15, 0.2) is 0 Å². The van der Waals surface area contributed by atoms with Crippen molar-refractivity contribution >= 4 is 0 Å². The first-order valence-corrected chi connectivity index (χ1v) is 4.86. The van der Waals surface area contributed by atoms with Crippen LogP contribution in [0.25, 0.3) is 0 Å². The minimum Gasteiger partial charge on any atom is -0.0654 e. The minimum absolute atomic E-state index is 0.946. The van der Waals surface area contributed by atoms with Crippen LogP contribution in [-0.2, 0) is 0 Å². The van der Waals surface area contributed by atoms with E-state index in [9.17, 15) is 0 Å². The third kappa shape index (κ3) is 0.339. The lowest BCUT2D eigenvalue weighted by Gasteiger charge is -2.19. The van der Waals surface area contributed by atoms with Gasteiger partial charge in [-0.3, -0.25) is 0 Å². The molecule has 0 heterocycles. The van der Waals surface area contributed by atoms with Crippen molar-refractivity contribution in [2.45, 2.75) is 45.4 Å². The van der Waals surface area contributed by atoms with E-state index >= 15 is 0 Å². The Morgan fingerprint density at radius 1 is 1.40 bits per heavy atom. The summed E-state index contributed by atoms with van der Waals surface area (Å²) in [5.74, 6) is 1.23. The van der Waals surface area contributed by atoms with Gasteiger partial charge in [-0.1, -0.05) is 19.8 Å². The molecule has 3 fully saturated rings. The number of rotatable bonds is 2. The molecule has 56 valence electrons. The molecule has 0 aromatic rings. The van der Waals surface area contributed by atoms with Crippen LogP contribution in [0.3, 0.4) is 0 Å². The zero-order valence-corrected chi connectivity index (χ0v) is 6.82. The van der Waals surface area contributed by atoms with Gasteiger partial charge in [0.25, 0.3) is 0 Å². The molecule has 0 N–H and O–H groups in total. The highest BCUT2D eigenvalue weighted by molar-refractivity contribution is 5.36. The summed E-state index contributed by atoms with van der Waals surface area (Å²) in [6.07, 6.45) is 9.34. The maximum atomic E-state index is 2.35. The summed E-state index contributed by atoms with van der Waals surface area (Å²) in [5.41, 5.74) is 1.92. The van der Waals surface area contributed by atoms with E-state index < -0.39 is 0 Å². The molecule has 3 aliphatic carbocycles. The van der Waals surface area contributed by atoms with E-state index in [0.29, 0.717) is 0 Å². The molecule has 0 amide bonds. The molecule has 3 rings (SSSR count). The largest absolute Gasteiger partial charge is 0.0654 e. The molecular weight excluding hydrogens is 120 g/mol. The lowest BCUT2D eigenvalue weighted by atomic mass is 9.85. The Kier molecular flexibility index (Phi) is 0.735. The summed E-state index contributed by atoms with van der Waals surface area (Å²) in [6.45, 7) is 2.35. The predicted molar refractivity (Wildman–Crippen MR) is 41.7 cm³/mol. The average molecular weight is 136 g/mol. The first kappa shape index (κ1) is 5.62. The van der Waals surface area contributed by atoms with Crippen LogP contribution in [0.5, 0.6) is 0 Å². The Bertz CT molecular complexity index is 184. The maximum absolute atomic E-state index is 2.35. The molecule has 3 atom stereocenters. The quantitative estimate of drug-likeness (QED) is 0.547. The van der Waals surface area contributed by atoms with Gasteiger partial charge in [0.05, 0.1) is 0 Å². The molecule has 0 aliphatic heterocycles. The van der Waals surface area contributed by atoms with E-state index in [0.717, 1.165) is 10.8 Å². The third-order valence-corrected chi connectivity index (χ3v) is 4.59. The highest BCUT2D eigenvalue weighted by atomic mass is 14.9. The highest BCUT2D eigenvalue weighted by Crippen LogP contribution is 2.95. The smallest absolute Gasteiger partial charge is 0.0201 e. The Balaban J connectivity index is 1.84. The van der Waals surface area contributed by atoms with Gasteiger partial charge in [0.1, 0.15) is 0 Å². The van der Waals surface area contributed by atoms with E-state index in [1.54, 1.807) is 32.1 Å². The van der Waals surface area contributed by atoms with Gasteiger partial charge in [0, 0.05) is 0 Å². The van der Waals surface area contributed by atoms with Crippen LogP contribution in [0.2, 0.25) is 0 Å². The molecule has 3 saturated carbocycles. The second kappa shape index (κ2) is 1.31. The van der Waals surface area contributed by atoms with E-state index in [1.807, 2.05) is 0 Å². The van der Waals surface area contributed by atoms with Gasteiger partial charge in [-0.2, -0.15) is 0 Å². The summed E-state index contributed by atoms with van der Waals surface area (Å²) in [6, 6.07) is 0. The first-order chi connectivity index (χ1) is 4.86. The van der Waals surface area contributed by atoms with Crippen molar-refractivity contribution in [3.8, 4) is 0 Å². The van der Waals surface area contributed by atoms with Gasteiger partial charge in [-0.25, -0.2) is 0 Å². The van der Waals surface area contributed by atoms with Crippen LogP contribution < -0.4 is 0 Å². The van der Waals surface area contributed by atoms with E-state index in [2.05, 4.69) is 6.92 Å². The Labute approximate surface area is 63.0 Å². The van der Waals surface area contributed by atoms with Crippen molar-refractivity contribution in [1.29, 1.82) is 0 Å². The summed E-state index contributed by atoms with van der Waals surface area (Å²) in [7, 11) is 0. The second-order valence-electron chi connectivity index (χ2n) is 4.67. The summed E-state index contributed by atoms with van der Waals surface area (Å²) < 4.78 is 0. The van der Waals surface area contributed by atoms with Gasteiger partial charge in [0.2, 0.25) is 0 Å². The molecule has 0 aromatic carbocycles. The topological polar surface area (TPSA) is 0 Å². The van der Waals surface area contributed by atoms with Crippen LogP contribution in [-0.4, -0.2) is 0 Å². The predicted octanol–water partition coefficient (Wildman–Crippen LogP) is 2.98.